The maximum atomic E-state index is 5.49. The SMILES string of the molecule is COc1cc(Nc2cc(-c3cc(C)cc(C)c3)nn2C)nc2c1cnn2C. The number of aryl methyl sites for hydroxylation is 4. The Labute approximate surface area is 157 Å². The van der Waals surface area contributed by atoms with Crippen molar-refractivity contribution < 1.29 is 4.74 Å². The molecule has 0 fully saturated rings. The Morgan fingerprint density at radius 3 is 2.41 bits per heavy atom. The highest BCUT2D eigenvalue weighted by atomic mass is 16.5. The van der Waals surface area contributed by atoms with Crippen LogP contribution in [-0.4, -0.2) is 31.7 Å². The molecule has 0 unspecified atom stereocenters. The number of hydrogen-bond donors (Lipinski definition) is 1. The van der Waals surface area contributed by atoms with Gasteiger partial charge in [0, 0.05) is 31.8 Å². The Hall–Kier alpha value is -3.35. The fraction of sp³-hybridized carbons (Fsp3) is 0.250. The normalized spacial score (nSPS) is 11.1. The average Bonchev–Trinajstić information content (AvgIpc) is 3.17. The standard InChI is InChI=1S/C20H22N6O/c1-12-6-13(2)8-14(7-12)16-9-19(25(3)24-16)22-18-10-17(27-5)15-11-21-26(4)20(15)23-18/h6-11H,1-5H3,(H,22,23). The molecule has 3 aromatic heterocycles. The summed E-state index contributed by atoms with van der Waals surface area (Å²) >= 11 is 0. The molecule has 138 valence electrons. The molecule has 0 spiro atoms. The average molecular weight is 362 g/mol. The second-order valence-electron chi connectivity index (χ2n) is 6.76. The van der Waals surface area contributed by atoms with Gasteiger partial charge in [-0.15, -0.1) is 0 Å². The smallest absolute Gasteiger partial charge is 0.163 e. The quantitative estimate of drug-likeness (QED) is 0.599. The maximum Gasteiger partial charge on any atom is 0.163 e. The van der Waals surface area contributed by atoms with Crippen LogP contribution in [0.25, 0.3) is 22.3 Å². The molecule has 0 atom stereocenters. The minimum atomic E-state index is 0.679. The lowest BCUT2D eigenvalue weighted by atomic mass is 10.1. The molecule has 0 aliphatic carbocycles. The Kier molecular flexibility index (Phi) is 4.07. The van der Waals surface area contributed by atoms with E-state index in [-0.39, 0.29) is 0 Å². The summed E-state index contributed by atoms with van der Waals surface area (Å²) < 4.78 is 9.04. The van der Waals surface area contributed by atoms with Crippen molar-refractivity contribution in [3.8, 4) is 17.0 Å². The van der Waals surface area contributed by atoms with Gasteiger partial charge in [-0.3, -0.25) is 9.36 Å². The van der Waals surface area contributed by atoms with Crippen LogP contribution in [0.2, 0.25) is 0 Å². The summed E-state index contributed by atoms with van der Waals surface area (Å²) in [6.07, 6.45) is 1.76. The number of fused-ring (bicyclic) bond motifs is 1. The van der Waals surface area contributed by atoms with Gasteiger partial charge in [-0.2, -0.15) is 10.2 Å². The summed E-state index contributed by atoms with van der Waals surface area (Å²) in [6, 6.07) is 10.3. The van der Waals surface area contributed by atoms with E-state index in [4.69, 9.17) is 4.74 Å². The molecule has 0 aliphatic rings. The first-order chi connectivity index (χ1) is 12.9. The molecule has 0 bridgehead atoms. The Morgan fingerprint density at radius 2 is 1.70 bits per heavy atom. The monoisotopic (exact) mass is 362 g/mol. The molecule has 0 saturated heterocycles. The fourth-order valence-corrected chi connectivity index (χ4v) is 3.30. The minimum Gasteiger partial charge on any atom is -0.496 e. The largest absolute Gasteiger partial charge is 0.496 e. The van der Waals surface area contributed by atoms with Gasteiger partial charge in [0.05, 0.1) is 24.4 Å². The van der Waals surface area contributed by atoms with Crippen molar-refractivity contribution in [1.29, 1.82) is 0 Å². The van der Waals surface area contributed by atoms with Crippen molar-refractivity contribution in [3.63, 3.8) is 0 Å². The molecular formula is C20H22N6O. The highest BCUT2D eigenvalue weighted by molar-refractivity contribution is 5.84. The summed E-state index contributed by atoms with van der Waals surface area (Å²) in [4.78, 5) is 4.66. The third-order valence-electron chi connectivity index (χ3n) is 4.54. The Bertz CT molecular complexity index is 1120. The Morgan fingerprint density at radius 1 is 0.963 bits per heavy atom. The zero-order valence-corrected chi connectivity index (χ0v) is 16.1. The number of pyridine rings is 1. The van der Waals surface area contributed by atoms with Gasteiger partial charge in [0.2, 0.25) is 0 Å². The summed E-state index contributed by atoms with van der Waals surface area (Å²) in [7, 11) is 5.42. The second kappa shape index (κ2) is 6.42. The van der Waals surface area contributed by atoms with Crippen molar-refractivity contribution in [2.45, 2.75) is 13.8 Å². The number of methoxy groups -OCH3 is 1. The molecule has 7 nitrogen and oxygen atoms in total. The molecule has 0 amide bonds. The van der Waals surface area contributed by atoms with Crippen molar-refractivity contribution in [1.82, 2.24) is 24.5 Å². The van der Waals surface area contributed by atoms with Crippen molar-refractivity contribution in [3.05, 3.63) is 47.7 Å². The number of rotatable bonds is 4. The fourth-order valence-electron chi connectivity index (χ4n) is 3.30. The molecule has 1 N–H and O–H groups in total. The van der Waals surface area contributed by atoms with Crippen molar-refractivity contribution in [2.24, 2.45) is 14.1 Å². The van der Waals surface area contributed by atoms with E-state index in [1.165, 1.54) is 11.1 Å². The molecule has 1 aromatic carbocycles. The predicted molar refractivity (Wildman–Crippen MR) is 106 cm³/mol. The first kappa shape index (κ1) is 17.1. The first-order valence-electron chi connectivity index (χ1n) is 8.71. The molecular weight excluding hydrogens is 340 g/mol. The van der Waals surface area contributed by atoms with Gasteiger partial charge < -0.3 is 10.1 Å². The number of ether oxygens (including phenoxy) is 1. The first-order valence-corrected chi connectivity index (χ1v) is 8.71. The van der Waals surface area contributed by atoms with Crippen LogP contribution >= 0.6 is 0 Å². The molecule has 27 heavy (non-hydrogen) atoms. The van der Waals surface area contributed by atoms with E-state index < -0.39 is 0 Å². The van der Waals surface area contributed by atoms with Gasteiger partial charge in [0.1, 0.15) is 17.4 Å². The zero-order chi connectivity index (χ0) is 19.1. The topological polar surface area (TPSA) is 69.8 Å². The molecule has 3 heterocycles. The summed E-state index contributed by atoms with van der Waals surface area (Å²) in [6.45, 7) is 4.19. The van der Waals surface area contributed by atoms with E-state index in [2.05, 4.69) is 52.5 Å². The van der Waals surface area contributed by atoms with Crippen LogP contribution in [0.5, 0.6) is 5.75 Å². The molecule has 4 rings (SSSR count). The van der Waals surface area contributed by atoms with Gasteiger partial charge >= 0.3 is 0 Å². The van der Waals surface area contributed by atoms with E-state index in [9.17, 15) is 0 Å². The number of nitrogens with one attached hydrogen (secondary N) is 1. The molecule has 0 saturated carbocycles. The van der Waals surface area contributed by atoms with E-state index in [1.54, 1.807) is 18.0 Å². The number of benzene rings is 1. The highest BCUT2D eigenvalue weighted by Gasteiger charge is 2.13. The number of nitrogens with zero attached hydrogens (tertiary/aromatic N) is 5. The van der Waals surface area contributed by atoms with Crippen LogP contribution in [-0.2, 0) is 14.1 Å². The van der Waals surface area contributed by atoms with Crippen LogP contribution in [0.1, 0.15) is 11.1 Å². The van der Waals surface area contributed by atoms with Crippen LogP contribution < -0.4 is 10.1 Å². The second-order valence-corrected chi connectivity index (χ2v) is 6.76. The van der Waals surface area contributed by atoms with Gasteiger partial charge in [0.25, 0.3) is 0 Å². The molecule has 7 heteroatoms. The minimum absolute atomic E-state index is 0.679. The van der Waals surface area contributed by atoms with Gasteiger partial charge in [-0.25, -0.2) is 4.98 Å². The summed E-state index contributed by atoms with van der Waals surface area (Å²) in [5.74, 6) is 2.26. The van der Waals surface area contributed by atoms with Crippen molar-refractivity contribution >= 4 is 22.7 Å². The van der Waals surface area contributed by atoms with E-state index in [1.807, 2.05) is 30.9 Å². The van der Waals surface area contributed by atoms with Gasteiger partial charge in [0.15, 0.2) is 5.65 Å². The molecule has 4 aromatic rings. The van der Waals surface area contributed by atoms with E-state index in [0.717, 1.165) is 33.9 Å². The lowest BCUT2D eigenvalue weighted by Crippen LogP contribution is -2.02. The predicted octanol–water partition coefficient (Wildman–Crippen LogP) is 3.74. The summed E-state index contributed by atoms with van der Waals surface area (Å²) in [5.41, 5.74) is 5.22. The van der Waals surface area contributed by atoms with Crippen LogP contribution in [0.3, 0.4) is 0 Å². The van der Waals surface area contributed by atoms with E-state index >= 15 is 0 Å². The number of hydrogen-bond acceptors (Lipinski definition) is 5. The van der Waals surface area contributed by atoms with Crippen LogP contribution in [0.15, 0.2) is 36.5 Å². The third-order valence-corrected chi connectivity index (χ3v) is 4.54. The number of anilines is 2. The van der Waals surface area contributed by atoms with Crippen LogP contribution in [0.4, 0.5) is 11.6 Å². The maximum absolute atomic E-state index is 5.49. The van der Waals surface area contributed by atoms with Crippen molar-refractivity contribution in [2.75, 3.05) is 12.4 Å². The van der Waals surface area contributed by atoms with E-state index in [0.29, 0.717) is 5.82 Å². The van der Waals surface area contributed by atoms with Crippen LogP contribution in [0, 0.1) is 13.8 Å². The molecule has 0 radical (unpaired) electrons. The van der Waals surface area contributed by atoms with Gasteiger partial charge in [-0.05, 0) is 26.0 Å². The lowest BCUT2D eigenvalue weighted by molar-refractivity contribution is 0.419. The molecule has 0 aliphatic heterocycles. The lowest BCUT2D eigenvalue weighted by Gasteiger charge is -2.08. The van der Waals surface area contributed by atoms with Gasteiger partial charge in [-0.1, -0.05) is 17.2 Å². The third kappa shape index (κ3) is 3.12. The number of aromatic nitrogens is 5. The zero-order valence-electron chi connectivity index (χ0n) is 16.1. The highest BCUT2D eigenvalue weighted by Crippen LogP contribution is 2.29. The summed E-state index contributed by atoms with van der Waals surface area (Å²) in [5, 5.41) is 13.1. The Balaban J connectivity index is 1.72.